The van der Waals surface area contributed by atoms with Gasteiger partial charge in [0.25, 0.3) is 0 Å². The highest BCUT2D eigenvalue weighted by atomic mass is 19.1. The first-order valence-electron chi connectivity index (χ1n) is 6.62. The fraction of sp³-hybridized carbons (Fsp3) is 0.533. The Kier molecular flexibility index (Phi) is 3.29. The molecule has 0 aromatic heterocycles. The monoisotopic (exact) mass is 264 g/mol. The van der Waals surface area contributed by atoms with E-state index in [0.29, 0.717) is 12.1 Å². The molecule has 1 atom stereocenters. The van der Waals surface area contributed by atoms with Gasteiger partial charge in [-0.05, 0) is 55.4 Å². The van der Waals surface area contributed by atoms with Gasteiger partial charge in [0, 0.05) is 5.69 Å². The first-order valence-corrected chi connectivity index (χ1v) is 6.62. The SMILES string of the molecule is Cc1cc(F)cc(NC2(C(N)=O)CCCC2(C)C)c1. The fourth-order valence-corrected chi connectivity index (χ4v) is 3.15. The van der Waals surface area contributed by atoms with Gasteiger partial charge in [0.2, 0.25) is 5.91 Å². The second-order valence-electron chi connectivity index (χ2n) is 6.15. The number of nitrogens with one attached hydrogen (secondary N) is 1. The molecular weight excluding hydrogens is 243 g/mol. The van der Waals surface area contributed by atoms with Crippen LogP contribution >= 0.6 is 0 Å². The molecule has 4 heteroatoms. The number of primary amides is 1. The van der Waals surface area contributed by atoms with Gasteiger partial charge >= 0.3 is 0 Å². The fourth-order valence-electron chi connectivity index (χ4n) is 3.15. The highest BCUT2D eigenvalue weighted by Crippen LogP contribution is 2.47. The van der Waals surface area contributed by atoms with Gasteiger partial charge in [-0.15, -0.1) is 0 Å². The van der Waals surface area contributed by atoms with Crippen LogP contribution in [0.3, 0.4) is 0 Å². The van der Waals surface area contributed by atoms with E-state index in [0.717, 1.165) is 18.4 Å². The van der Waals surface area contributed by atoms with Crippen LogP contribution in [0.15, 0.2) is 18.2 Å². The van der Waals surface area contributed by atoms with Gasteiger partial charge in [0.05, 0.1) is 0 Å². The number of hydrogen-bond acceptors (Lipinski definition) is 2. The highest BCUT2D eigenvalue weighted by molar-refractivity contribution is 5.89. The first-order chi connectivity index (χ1) is 8.77. The predicted octanol–water partition coefficient (Wildman–Crippen LogP) is 2.98. The van der Waals surface area contributed by atoms with Gasteiger partial charge in [0.15, 0.2) is 0 Å². The molecule has 1 unspecified atom stereocenters. The Balaban J connectivity index is 2.40. The standard InChI is InChI=1S/C15H21FN2O/c1-10-7-11(16)9-12(8-10)18-15(13(17)19)6-4-5-14(15,2)3/h7-9,18H,4-6H2,1-3H3,(H2,17,19). The summed E-state index contributed by atoms with van der Waals surface area (Å²) in [4.78, 5) is 12.0. The minimum absolute atomic E-state index is 0.237. The van der Waals surface area contributed by atoms with Gasteiger partial charge in [-0.3, -0.25) is 4.79 Å². The van der Waals surface area contributed by atoms with Crippen LogP contribution < -0.4 is 11.1 Å². The normalized spacial score (nSPS) is 25.3. The summed E-state index contributed by atoms with van der Waals surface area (Å²) in [5.74, 6) is -0.671. The maximum Gasteiger partial charge on any atom is 0.243 e. The van der Waals surface area contributed by atoms with Crippen LogP contribution in [0.4, 0.5) is 10.1 Å². The first kappa shape index (κ1) is 13.8. The summed E-state index contributed by atoms with van der Waals surface area (Å²) >= 11 is 0. The lowest BCUT2D eigenvalue weighted by molar-refractivity contribution is -0.125. The van der Waals surface area contributed by atoms with E-state index >= 15 is 0 Å². The predicted molar refractivity (Wildman–Crippen MR) is 74.3 cm³/mol. The number of hydrogen-bond donors (Lipinski definition) is 2. The van der Waals surface area contributed by atoms with Crippen LogP contribution in [0.5, 0.6) is 0 Å². The number of anilines is 1. The second-order valence-corrected chi connectivity index (χ2v) is 6.15. The van der Waals surface area contributed by atoms with Crippen molar-refractivity contribution in [3.8, 4) is 0 Å². The number of benzene rings is 1. The van der Waals surface area contributed by atoms with Crippen LogP contribution in [0.1, 0.15) is 38.7 Å². The van der Waals surface area contributed by atoms with Gasteiger partial charge < -0.3 is 11.1 Å². The van der Waals surface area contributed by atoms with Gasteiger partial charge in [-0.25, -0.2) is 4.39 Å². The van der Waals surface area contributed by atoms with Crippen molar-refractivity contribution in [3.05, 3.63) is 29.6 Å². The maximum atomic E-state index is 13.5. The zero-order valence-electron chi connectivity index (χ0n) is 11.7. The van der Waals surface area contributed by atoms with Crippen molar-refractivity contribution in [1.82, 2.24) is 0 Å². The molecule has 1 saturated carbocycles. The highest BCUT2D eigenvalue weighted by Gasteiger charge is 2.53. The average Bonchev–Trinajstić information content (AvgIpc) is 2.53. The number of aryl methyl sites for hydroxylation is 1. The van der Waals surface area contributed by atoms with Crippen molar-refractivity contribution in [3.63, 3.8) is 0 Å². The minimum Gasteiger partial charge on any atom is -0.371 e. The van der Waals surface area contributed by atoms with Crippen molar-refractivity contribution >= 4 is 11.6 Å². The van der Waals surface area contributed by atoms with Gasteiger partial charge in [-0.2, -0.15) is 0 Å². The third-order valence-electron chi connectivity index (χ3n) is 4.33. The Labute approximate surface area is 113 Å². The number of amides is 1. The van der Waals surface area contributed by atoms with E-state index in [4.69, 9.17) is 5.73 Å². The summed E-state index contributed by atoms with van der Waals surface area (Å²) in [7, 11) is 0. The van der Waals surface area contributed by atoms with E-state index in [1.54, 1.807) is 0 Å². The van der Waals surface area contributed by atoms with Crippen LogP contribution in [0.25, 0.3) is 0 Å². The molecule has 0 bridgehead atoms. The lowest BCUT2D eigenvalue weighted by Gasteiger charge is -2.40. The van der Waals surface area contributed by atoms with Crippen molar-refractivity contribution < 1.29 is 9.18 Å². The van der Waals surface area contributed by atoms with Crippen LogP contribution in [0, 0.1) is 18.2 Å². The molecule has 1 aromatic carbocycles. The zero-order chi connectivity index (χ0) is 14.3. The molecule has 1 fully saturated rings. The van der Waals surface area contributed by atoms with E-state index in [-0.39, 0.29) is 17.1 Å². The summed E-state index contributed by atoms with van der Waals surface area (Å²) in [6.07, 6.45) is 2.55. The Bertz CT molecular complexity index is 493. The Hall–Kier alpha value is -1.58. The van der Waals surface area contributed by atoms with Crippen molar-refractivity contribution in [2.75, 3.05) is 5.32 Å². The molecule has 1 aromatic rings. The van der Waals surface area contributed by atoms with Crippen LogP contribution in [-0.2, 0) is 4.79 Å². The third kappa shape index (κ3) is 2.31. The molecule has 0 saturated heterocycles. The van der Waals surface area contributed by atoms with E-state index in [9.17, 15) is 9.18 Å². The molecule has 1 aliphatic carbocycles. The summed E-state index contributed by atoms with van der Waals surface area (Å²) in [5.41, 5.74) is 6.04. The molecular formula is C15H21FN2O. The van der Waals surface area contributed by atoms with Crippen LogP contribution in [0.2, 0.25) is 0 Å². The van der Waals surface area contributed by atoms with E-state index in [1.807, 2.05) is 26.8 Å². The lowest BCUT2D eigenvalue weighted by atomic mass is 9.74. The van der Waals surface area contributed by atoms with Crippen LogP contribution in [-0.4, -0.2) is 11.4 Å². The quantitative estimate of drug-likeness (QED) is 0.881. The lowest BCUT2D eigenvalue weighted by Crippen LogP contribution is -2.57. The third-order valence-corrected chi connectivity index (χ3v) is 4.33. The molecule has 0 spiro atoms. The summed E-state index contributed by atoms with van der Waals surface area (Å²) in [5, 5.41) is 3.21. The molecule has 19 heavy (non-hydrogen) atoms. The van der Waals surface area contributed by atoms with Crippen molar-refractivity contribution in [2.24, 2.45) is 11.1 Å². The molecule has 3 nitrogen and oxygen atoms in total. The van der Waals surface area contributed by atoms with Gasteiger partial charge in [0.1, 0.15) is 11.4 Å². The molecule has 104 valence electrons. The zero-order valence-corrected chi connectivity index (χ0v) is 11.7. The number of rotatable bonds is 3. The molecule has 3 N–H and O–H groups in total. The van der Waals surface area contributed by atoms with Crippen molar-refractivity contribution in [1.29, 1.82) is 0 Å². The van der Waals surface area contributed by atoms with E-state index in [2.05, 4.69) is 5.32 Å². The Morgan fingerprint density at radius 3 is 2.47 bits per heavy atom. The van der Waals surface area contributed by atoms with Crippen molar-refractivity contribution in [2.45, 2.75) is 45.6 Å². The second kappa shape index (κ2) is 4.51. The maximum absolute atomic E-state index is 13.5. The largest absolute Gasteiger partial charge is 0.371 e. The molecule has 2 rings (SSSR count). The number of carbonyl (C=O) groups is 1. The number of nitrogens with two attached hydrogens (primary N) is 1. The Morgan fingerprint density at radius 2 is 2.00 bits per heavy atom. The number of halogens is 1. The average molecular weight is 264 g/mol. The molecule has 0 radical (unpaired) electrons. The van der Waals surface area contributed by atoms with E-state index < -0.39 is 5.54 Å². The van der Waals surface area contributed by atoms with Gasteiger partial charge in [-0.1, -0.05) is 13.8 Å². The summed E-state index contributed by atoms with van der Waals surface area (Å²) in [6.45, 7) is 5.89. The molecule has 0 heterocycles. The van der Waals surface area contributed by atoms with E-state index in [1.165, 1.54) is 12.1 Å². The smallest absolute Gasteiger partial charge is 0.243 e. The minimum atomic E-state index is -0.798. The Morgan fingerprint density at radius 1 is 1.32 bits per heavy atom. The molecule has 1 amide bonds. The summed E-state index contributed by atoms with van der Waals surface area (Å²) < 4.78 is 13.5. The molecule has 1 aliphatic rings. The molecule has 0 aliphatic heterocycles. The number of carbonyl (C=O) groups excluding carboxylic acids is 1. The summed E-state index contributed by atoms with van der Waals surface area (Å²) in [6, 6.07) is 4.70. The topological polar surface area (TPSA) is 55.1 Å².